The molecule has 2 rings (SSSR count). The summed E-state index contributed by atoms with van der Waals surface area (Å²) in [5, 5.41) is 3.04. The first-order valence-corrected chi connectivity index (χ1v) is 6.86. The largest absolute Gasteiger partial charge is 0.352 e. The number of hydrogen-bond donors (Lipinski definition) is 1. The second-order valence-electron chi connectivity index (χ2n) is 5.31. The van der Waals surface area contributed by atoms with Crippen LogP contribution in [0.4, 0.5) is 4.39 Å². The number of hydrogen-bond acceptors (Lipinski definition) is 2. The predicted molar refractivity (Wildman–Crippen MR) is 73.1 cm³/mol. The van der Waals surface area contributed by atoms with Crippen LogP contribution < -0.4 is 5.32 Å². The molecule has 0 heterocycles. The van der Waals surface area contributed by atoms with Gasteiger partial charge in [0.2, 0.25) is 5.91 Å². The molecule has 0 radical (unpaired) electrons. The summed E-state index contributed by atoms with van der Waals surface area (Å²) in [7, 11) is 1.83. The standard InChI is InChI=1S/C15H21FN2O/c1-18(10-12-6-2-5-9-14(12)16)11-15(19)17-13-7-3-4-8-13/h2,5-6,9,13H,3-4,7-8,10-11H2,1H3,(H,17,19). The van der Waals surface area contributed by atoms with Crippen LogP contribution >= 0.6 is 0 Å². The van der Waals surface area contributed by atoms with E-state index in [0.717, 1.165) is 12.8 Å². The lowest BCUT2D eigenvalue weighted by Crippen LogP contribution is -2.39. The van der Waals surface area contributed by atoms with Gasteiger partial charge in [-0.15, -0.1) is 0 Å². The molecular formula is C15H21FN2O. The quantitative estimate of drug-likeness (QED) is 0.885. The highest BCUT2D eigenvalue weighted by molar-refractivity contribution is 5.78. The Labute approximate surface area is 113 Å². The molecule has 3 nitrogen and oxygen atoms in total. The monoisotopic (exact) mass is 264 g/mol. The van der Waals surface area contributed by atoms with Crippen molar-refractivity contribution in [2.24, 2.45) is 0 Å². The third-order valence-corrected chi connectivity index (χ3v) is 3.53. The molecule has 1 saturated carbocycles. The molecule has 19 heavy (non-hydrogen) atoms. The van der Waals surface area contributed by atoms with E-state index < -0.39 is 0 Å². The Kier molecular flexibility index (Phi) is 4.91. The molecule has 0 spiro atoms. The van der Waals surface area contributed by atoms with Crippen molar-refractivity contribution in [1.82, 2.24) is 10.2 Å². The Hall–Kier alpha value is -1.42. The fraction of sp³-hybridized carbons (Fsp3) is 0.533. The molecule has 104 valence electrons. The van der Waals surface area contributed by atoms with Crippen LogP contribution in [0, 0.1) is 5.82 Å². The zero-order valence-electron chi connectivity index (χ0n) is 11.4. The van der Waals surface area contributed by atoms with E-state index in [4.69, 9.17) is 0 Å². The van der Waals surface area contributed by atoms with Gasteiger partial charge in [0.1, 0.15) is 5.82 Å². The van der Waals surface area contributed by atoms with Crippen molar-refractivity contribution in [2.45, 2.75) is 38.3 Å². The number of amides is 1. The van der Waals surface area contributed by atoms with Crippen LogP contribution in [0.15, 0.2) is 24.3 Å². The molecule has 1 aromatic rings. The number of nitrogens with one attached hydrogen (secondary N) is 1. The van der Waals surface area contributed by atoms with E-state index in [1.165, 1.54) is 18.9 Å². The van der Waals surface area contributed by atoms with Crippen molar-refractivity contribution in [3.63, 3.8) is 0 Å². The summed E-state index contributed by atoms with van der Waals surface area (Å²) in [4.78, 5) is 13.7. The molecule has 0 aromatic heterocycles. The van der Waals surface area contributed by atoms with Gasteiger partial charge in [-0.2, -0.15) is 0 Å². The number of nitrogens with zero attached hydrogens (tertiary/aromatic N) is 1. The fourth-order valence-electron chi connectivity index (χ4n) is 2.56. The van der Waals surface area contributed by atoms with Crippen LogP contribution in [-0.2, 0) is 11.3 Å². The molecule has 4 heteroatoms. The molecule has 0 aliphatic heterocycles. The maximum atomic E-state index is 13.5. The average Bonchev–Trinajstić information content (AvgIpc) is 2.84. The van der Waals surface area contributed by atoms with Crippen molar-refractivity contribution >= 4 is 5.91 Å². The van der Waals surface area contributed by atoms with Gasteiger partial charge in [-0.3, -0.25) is 9.69 Å². The number of likely N-dealkylation sites (N-methyl/N-ethyl adjacent to an activating group) is 1. The highest BCUT2D eigenvalue weighted by Gasteiger charge is 2.18. The number of halogens is 1. The smallest absolute Gasteiger partial charge is 0.234 e. The molecule has 0 atom stereocenters. The van der Waals surface area contributed by atoms with E-state index in [1.807, 2.05) is 18.0 Å². The van der Waals surface area contributed by atoms with E-state index in [9.17, 15) is 9.18 Å². The number of carbonyl (C=O) groups excluding carboxylic acids is 1. The minimum Gasteiger partial charge on any atom is -0.352 e. The Morgan fingerprint density at radius 2 is 2.05 bits per heavy atom. The van der Waals surface area contributed by atoms with Gasteiger partial charge in [0.15, 0.2) is 0 Å². The van der Waals surface area contributed by atoms with Crippen LogP contribution in [0.2, 0.25) is 0 Å². The zero-order valence-corrected chi connectivity index (χ0v) is 11.4. The van der Waals surface area contributed by atoms with Crippen molar-refractivity contribution in [1.29, 1.82) is 0 Å². The fourth-order valence-corrected chi connectivity index (χ4v) is 2.56. The molecule has 1 fully saturated rings. The first-order valence-electron chi connectivity index (χ1n) is 6.86. The lowest BCUT2D eigenvalue weighted by molar-refractivity contribution is -0.122. The summed E-state index contributed by atoms with van der Waals surface area (Å²) in [6, 6.07) is 7.02. The molecule has 1 N–H and O–H groups in total. The van der Waals surface area contributed by atoms with Crippen LogP contribution in [0.3, 0.4) is 0 Å². The minimum absolute atomic E-state index is 0.0331. The second kappa shape index (κ2) is 6.66. The Balaban J connectivity index is 1.78. The molecule has 0 bridgehead atoms. The minimum atomic E-state index is -0.217. The van der Waals surface area contributed by atoms with Crippen LogP contribution in [0.5, 0.6) is 0 Å². The molecule has 1 aromatic carbocycles. The highest BCUT2D eigenvalue weighted by atomic mass is 19.1. The Bertz CT molecular complexity index is 430. The van der Waals surface area contributed by atoms with Crippen molar-refractivity contribution < 1.29 is 9.18 Å². The SMILES string of the molecule is CN(CC(=O)NC1CCCC1)Cc1ccccc1F. The first-order chi connectivity index (χ1) is 9.15. The summed E-state index contributed by atoms with van der Waals surface area (Å²) in [5.41, 5.74) is 0.624. The highest BCUT2D eigenvalue weighted by Crippen LogP contribution is 2.17. The van der Waals surface area contributed by atoms with Gasteiger partial charge in [-0.25, -0.2) is 4.39 Å². The zero-order chi connectivity index (χ0) is 13.7. The van der Waals surface area contributed by atoms with E-state index in [-0.39, 0.29) is 11.7 Å². The summed E-state index contributed by atoms with van der Waals surface area (Å²) < 4.78 is 13.5. The predicted octanol–water partition coefficient (Wildman–Crippen LogP) is 2.32. The normalized spacial score (nSPS) is 15.9. The number of rotatable bonds is 5. The summed E-state index contributed by atoms with van der Waals surface area (Å²) in [5.74, 6) is -0.184. The number of carbonyl (C=O) groups is 1. The van der Waals surface area contributed by atoms with Crippen LogP contribution in [0.1, 0.15) is 31.2 Å². The van der Waals surface area contributed by atoms with E-state index in [2.05, 4.69) is 5.32 Å². The molecule has 1 amide bonds. The topological polar surface area (TPSA) is 32.3 Å². The maximum absolute atomic E-state index is 13.5. The van der Waals surface area contributed by atoms with Gasteiger partial charge in [0.25, 0.3) is 0 Å². The van der Waals surface area contributed by atoms with Gasteiger partial charge < -0.3 is 5.32 Å². The van der Waals surface area contributed by atoms with E-state index >= 15 is 0 Å². The van der Waals surface area contributed by atoms with E-state index in [1.54, 1.807) is 12.1 Å². The van der Waals surface area contributed by atoms with Crippen molar-refractivity contribution in [3.8, 4) is 0 Å². The van der Waals surface area contributed by atoms with E-state index in [0.29, 0.717) is 24.7 Å². The van der Waals surface area contributed by atoms with Crippen LogP contribution in [0.25, 0.3) is 0 Å². The summed E-state index contributed by atoms with van der Waals surface area (Å²) >= 11 is 0. The average molecular weight is 264 g/mol. The van der Waals surface area contributed by atoms with Gasteiger partial charge >= 0.3 is 0 Å². The second-order valence-corrected chi connectivity index (χ2v) is 5.31. The molecule has 1 aliphatic rings. The van der Waals surface area contributed by atoms with Gasteiger partial charge in [-0.1, -0.05) is 31.0 Å². The lowest BCUT2D eigenvalue weighted by Gasteiger charge is -2.18. The van der Waals surface area contributed by atoms with Crippen molar-refractivity contribution in [3.05, 3.63) is 35.6 Å². The Morgan fingerprint density at radius 1 is 1.37 bits per heavy atom. The number of benzene rings is 1. The third kappa shape index (κ3) is 4.31. The first kappa shape index (κ1) is 14.0. The maximum Gasteiger partial charge on any atom is 0.234 e. The molecule has 0 saturated heterocycles. The van der Waals surface area contributed by atoms with Gasteiger partial charge in [-0.05, 0) is 26.0 Å². The van der Waals surface area contributed by atoms with Crippen molar-refractivity contribution in [2.75, 3.05) is 13.6 Å². The Morgan fingerprint density at radius 3 is 2.74 bits per heavy atom. The molecular weight excluding hydrogens is 243 g/mol. The molecule has 1 aliphatic carbocycles. The van der Waals surface area contributed by atoms with Gasteiger partial charge in [0.05, 0.1) is 6.54 Å². The van der Waals surface area contributed by atoms with Gasteiger partial charge in [0, 0.05) is 18.2 Å². The molecule has 0 unspecified atom stereocenters. The lowest BCUT2D eigenvalue weighted by atomic mass is 10.2. The third-order valence-electron chi connectivity index (χ3n) is 3.53. The van der Waals surface area contributed by atoms with Crippen LogP contribution in [-0.4, -0.2) is 30.4 Å². The summed E-state index contributed by atoms with van der Waals surface area (Å²) in [6.45, 7) is 0.760. The summed E-state index contributed by atoms with van der Waals surface area (Å²) in [6.07, 6.45) is 4.58.